The number of nitrogens with two attached hydrogens (primary N) is 1. The van der Waals surface area contributed by atoms with Gasteiger partial charge in [-0.2, -0.15) is 0 Å². The van der Waals surface area contributed by atoms with Crippen molar-refractivity contribution >= 4 is 21.8 Å². The standard InChI is InChI=1S/C25H31N3O2S2/c1-3-5-10-24-27-25-22(15-18(4-2)17-31-25)28(24)16-19-11-13-20(14-12-19)21-8-6-7-9-23(21)32(26,29)30/h6-9,11-14,18H,3-5,10,15-17H2,1-2H3,(H2,26,29,30). The Balaban J connectivity index is 1.64. The summed E-state index contributed by atoms with van der Waals surface area (Å²) < 4.78 is 26.4. The molecule has 32 heavy (non-hydrogen) atoms. The van der Waals surface area contributed by atoms with E-state index >= 15 is 0 Å². The summed E-state index contributed by atoms with van der Waals surface area (Å²) in [6.07, 6.45) is 5.58. The first-order valence-corrected chi connectivity index (χ1v) is 13.9. The number of primary sulfonamides is 1. The minimum atomic E-state index is -3.78. The average Bonchev–Trinajstić information content (AvgIpc) is 3.14. The van der Waals surface area contributed by atoms with Gasteiger partial charge < -0.3 is 4.57 Å². The molecule has 1 aromatic heterocycles. The molecular formula is C25H31N3O2S2. The Bertz CT molecular complexity index is 1180. The van der Waals surface area contributed by atoms with E-state index in [0.29, 0.717) is 11.5 Å². The molecule has 1 atom stereocenters. The van der Waals surface area contributed by atoms with E-state index in [9.17, 15) is 8.42 Å². The zero-order valence-corrected chi connectivity index (χ0v) is 20.4. The summed E-state index contributed by atoms with van der Waals surface area (Å²) in [5, 5.41) is 6.63. The lowest BCUT2D eigenvalue weighted by Gasteiger charge is -2.22. The van der Waals surface area contributed by atoms with Crippen LogP contribution in [0.1, 0.15) is 50.2 Å². The number of sulfonamides is 1. The third-order valence-electron chi connectivity index (χ3n) is 6.18. The number of fused-ring (bicyclic) bond motifs is 1. The predicted octanol–water partition coefficient (Wildman–Crippen LogP) is 5.26. The number of aromatic nitrogens is 2. The highest BCUT2D eigenvalue weighted by Gasteiger charge is 2.25. The van der Waals surface area contributed by atoms with E-state index < -0.39 is 10.0 Å². The van der Waals surface area contributed by atoms with Crippen molar-refractivity contribution in [2.45, 2.75) is 62.4 Å². The lowest BCUT2D eigenvalue weighted by atomic mass is 10.0. The van der Waals surface area contributed by atoms with Crippen LogP contribution in [0, 0.1) is 5.92 Å². The molecule has 2 aromatic carbocycles. The maximum absolute atomic E-state index is 12.0. The SMILES string of the molecule is CCCCc1nc2c(n1Cc1ccc(-c3ccccc3S(N)(=O)=O)cc1)CC(CC)CS2. The van der Waals surface area contributed by atoms with Gasteiger partial charge in [-0.1, -0.05) is 69.2 Å². The quantitative estimate of drug-likeness (QED) is 0.488. The first-order chi connectivity index (χ1) is 15.4. The number of imidazole rings is 1. The van der Waals surface area contributed by atoms with Crippen molar-refractivity contribution in [3.05, 3.63) is 65.6 Å². The highest BCUT2D eigenvalue weighted by atomic mass is 32.2. The number of benzene rings is 2. The smallest absolute Gasteiger partial charge is 0.238 e. The zero-order valence-electron chi connectivity index (χ0n) is 18.8. The van der Waals surface area contributed by atoms with Gasteiger partial charge in [0, 0.05) is 24.3 Å². The molecule has 2 N–H and O–H groups in total. The van der Waals surface area contributed by atoms with Crippen LogP contribution in [0.2, 0.25) is 0 Å². The molecule has 4 rings (SSSR count). The maximum Gasteiger partial charge on any atom is 0.238 e. The molecule has 3 aromatic rings. The number of hydrogen-bond acceptors (Lipinski definition) is 4. The van der Waals surface area contributed by atoms with Gasteiger partial charge in [0.05, 0.1) is 10.6 Å². The minimum Gasteiger partial charge on any atom is -0.326 e. The normalized spacial score (nSPS) is 16.2. The fraction of sp³-hybridized carbons (Fsp3) is 0.400. The van der Waals surface area contributed by atoms with Gasteiger partial charge in [0.2, 0.25) is 10.0 Å². The molecule has 0 aliphatic carbocycles. The van der Waals surface area contributed by atoms with E-state index in [1.54, 1.807) is 18.2 Å². The fourth-order valence-electron chi connectivity index (χ4n) is 4.26. The number of aryl methyl sites for hydroxylation is 1. The molecule has 1 aliphatic rings. The van der Waals surface area contributed by atoms with E-state index in [1.165, 1.54) is 28.5 Å². The van der Waals surface area contributed by atoms with Gasteiger partial charge in [0.1, 0.15) is 10.9 Å². The van der Waals surface area contributed by atoms with Gasteiger partial charge in [-0.25, -0.2) is 18.5 Å². The number of hydrogen-bond donors (Lipinski definition) is 1. The van der Waals surface area contributed by atoms with Crippen molar-refractivity contribution in [2.24, 2.45) is 11.1 Å². The molecule has 0 spiro atoms. The molecule has 1 unspecified atom stereocenters. The van der Waals surface area contributed by atoms with Crippen LogP contribution < -0.4 is 5.14 Å². The van der Waals surface area contributed by atoms with Gasteiger partial charge in [-0.05, 0) is 36.0 Å². The Labute approximate surface area is 195 Å². The summed E-state index contributed by atoms with van der Waals surface area (Å²) in [5.74, 6) is 3.05. The summed E-state index contributed by atoms with van der Waals surface area (Å²) >= 11 is 1.90. The number of unbranched alkanes of at least 4 members (excludes halogenated alkanes) is 1. The third kappa shape index (κ3) is 4.95. The van der Waals surface area contributed by atoms with E-state index in [1.807, 2.05) is 30.0 Å². The fourth-order valence-corrected chi connectivity index (χ4v) is 6.29. The molecule has 0 radical (unpaired) electrons. The van der Waals surface area contributed by atoms with Crippen molar-refractivity contribution in [1.29, 1.82) is 0 Å². The summed E-state index contributed by atoms with van der Waals surface area (Å²) in [4.78, 5) is 5.16. The van der Waals surface area contributed by atoms with Gasteiger partial charge in [0.15, 0.2) is 0 Å². The Morgan fingerprint density at radius 2 is 1.88 bits per heavy atom. The Morgan fingerprint density at radius 3 is 2.56 bits per heavy atom. The van der Waals surface area contributed by atoms with Crippen molar-refractivity contribution in [2.75, 3.05) is 5.75 Å². The highest BCUT2D eigenvalue weighted by Crippen LogP contribution is 2.35. The van der Waals surface area contributed by atoms with E-state index in [-0.39, 0.29) is 4.90 Å². The molecule has 0 saturated carbocycles. The first-order valence-electron chi connectivity index (χ1n) is 11.3. The van der Waals surface area contributed by atoms with Crippen molar-refractivity contribution in [3.8, 4) is 11.1 Å². The molecule has 1 aliphatic heterocycles. The van der Waals surface area contributed by atoms with Crippen LogP contribution in [-0.4, -0.2) is 23.7 Å². The van der Waals surface area contributed by atoms with Crippen LogP contribution in [0.4, 0.5) is 0 Å². The van der Waals surface area contributed by atoms with Crippen LogP contribution in [0.5, 0.6) is 0 Å². The van der Waals surface area contributed by atoms with Crippen molar-refractivity contribution in [1.82, 2.24) is 9.55 Å². The first kappa shape index (κ1) is 23.1. The molecule has 0 saturated heterocycles. The largest absolute Gasteiger partial charge is 0.326 e. The van der Waals surface area contributed by atoms with Crippen LogP contribution in [-0.2, 0) is 29.4 Å². The molecule has 5 nitrogen and oxygen atoms in total. The Hall–Kier alpha value is -2.09. The van der Waals surface area contributed by atoms with Gasteiger partial charge in [-0.3, -0.25) is 0 Å². The molecule has 7 heteroatoms. The van der Waals surface area contributed by atoms with Crippen LogP contribution in [0.3, 0.4) is 0 Å². The molecule has 170 valence electrons. The predicted molar refractivity (Wildman–Crippen MR) is 131 cm³/mol. The zero-order chi connectivity index (χ0) is 22.7. The maximum atomic E-state index is 12.0. The van der Waals surface area contributed by atoms with E-state index in [0.717, 1.165) is 43.5 Å². The Kier molecular flexibility index (Phi) is 7.08. The second-order valence-electron chi connectivity index (χ2n) is 8.50. The number of rotatable bonds is 8. The summed E-state index contributed by atoms with van der Waals surface area (Å²) in [6.45, 7) is 5.27. The monoisotopic (exact) mass is 469 g/mol. The topological polar surface area (TPSA) is 78.0 Å². The van der Waals surface area contributed by atoms with E-state index in [2.05, 4.69) is 30.5 Å². The molecule has 2 heterocycles. The lowest BCUT2D eigenvalue weighted by molar-refractivity contribution is 0.526. The van der Waals surface area contributed by atoms with Gasteiger partial charge in [0.25, 0.3) is 0 Å². The van der Waals surface area contributed by atoms with Crippen molar-refractivity contribution in [3.63, 3.8) is 0 Å². The molecule has 0 bridgehead atoms. The van der Waals surface area contributed by atoms with E-state index in [4.69, 9.17) is 10.1 Å². The highest BCUT2D eigenvalue weighted by molar-refractivity contribution is 7.99. The molecular weight excluding hydrogens is 438 g/mol. The third-order valence-corrected chi connectivity index (χ3v) is 8.39. The van der Waals surface area contributed by atoms with Crippen molar-refractivity contribution < 1.29 is 8.42 Å². The second kappa shape index (κ2) is 9.81. The number of nitrogens with zero attached hydrogens (tertiary/aromatic N) is 2. The second-order valence-corrected chi connectivity index (χ2v) is 11.0. The summed E-state index contributed by atoms with van der Waals surface area (Å²) in [7, 11) is -3.78. The minimum absolute atomic E-state index is 0.154. The van der Waals surface area contributed by atoms with Crippen LogP contribution in [0.25, 0.3) is 11.1 Å². The van der Waals surface area contributed by atoms with Gasteiger partial charge in [-0.15, -0.1) is 11.8 Å². The average molecular weight is 470 g/mol. The molecule has 0 amide bonds. The van der Waals surface area contributed by atoms with Crippen LogP contribution >= 0.6 is 11.8 Å². The number of thioether (sulfide) groups is 1. The van der Waals surface area contributed by atoms with Gasteiger partial charge >= 0.3 is 0 Å². The van der Waals surface area contributed by atoms with Crippen LogP contribution in [0.15, 0.2) is 58.5 Å². The Morgan fingerprint density at radius 1 is 1.12 bits per heavy atom. The molecule has 0 fully saturated rings. The summed E-state index contributed by atoms with van der Waals surface area (Å²) in [5.41, 5.74) is 4.04. The summed E-state index contributed by atoms with van der Waals surface area (Å²) in [6, 6.07) is 15.0. The lowest BCUT2D eigenvalue weighted by Crippen LogP contribution is -2.17.